The highest BCUT2D eigenvalue weighted by Crippen LogP contribution is 2.31. The molecule has 1 amide bonds. The van der Waals surface area contributed by atoms with Crippen molar-refractivity contribution in [3.8, 4) is 5.75 Å². The summed E-state index contributed by atoms with van der Waals surface area (Å²) in [6, 6.07) is 11.1. The van der Waals surface area contributed by atoms with Gasteiger partial charge in [-0.2, -0.15) is 13.2 Å². The number of ether oxygens (including phenoxy) is 1. The van der Waals surface area contributed by atoms with Gasteiger partial charge in [0.2, 0.25) is 5.82 Å². The molecule has 0 aliphatic heterocycles. The molecule has 3 aromatic rings. The number of alkyl halides is 3. The number of aromatic nitrogens is 2. The molecular formula is C17H14F3N3O2. The van der Waals surface area contributed by atoms with E-state index in [1.165, 1.54) is 32.4 Å². The predicted molar refractivity (Wildman–Crippen MR) is 86.7 cm³/mol. The van der Waals surface area contributed by atoms with Crippen molar-refractivity contribution in [3.05, 3.63) is 53.9 Å². The third-order valence-corrected chi connectivity index (χ3v) is 3.75. The number of hydrogen-bond acceptors (Lipinski definition) is 3. The normalized spacial score (nSPS) is 11.6. The molecule has 0 radical (unpaired) electrons. The molecule has 0 saturated heterocycles. The van der Waals surface area contributed by atoms with Gasteiger partial charge in [-0.3, -0.25) is 4.79 Å². The third-order valence-electron chi connectivity index (χ3n) is 3.75. The lowest BCUT2D eigenvalue weighted by atomic mass is 10.1. The van der Waals surface area contributed by atoms with Crippen LogP contribution in [0.5, 0.6) is 5.75 Å². The Morgan fingerprint density at radius 2 is 1.92 bits per heavy atom. The zero-order valence-corrected chi connectivity index (χ0v) is 13.4. The van der Waals surface area contributed by atoms with E-state index in [0.717, 1.165) is 4.57 Å². The van der Waals surface area contributed by atoms with Gasteiger partial charge in [0.1, 0.15) is 5.75 Å². The minimum absolute atomic E-state index is 0.0995. The molecule has 8 heteroatoms. The summed E-state index contributed by atoms with van der Waals surface area (Å²) < 4.78 is 44.9. The number of carbonyl (C=O) groups is 1. The first kappa shape index (κ1) is 16.8. The molecular weight excluding hydrogens is 335 g/mol. The Hall–Kier alpha value is -3.03. The lowest BCUT2D eigenvalue weighted by Crippen LogP contribution is -2.12. The molecule has 2 aromatic carbocycles. The van der Waals surface area contributed by atoms with Gasteiger partial charge in [-0.25, -0.2) is 4.98 Å². The Bertz CT molecular complexity index is 948. The number of nitrogens with zero attached hydrogens (tertiary/aromatic N) is 2. The van der Waals surface area contributed by atoms with Gasteiger partial charge in [0.05, 0.1) is 23.8 Å². The minimum Gasteiger partial charge on any atom is -0.495 e. The quantitative estimate of drug-likeness (QED) is 0.781. The van der Waals surface area contributed by atoms with Crippen molar-refractivity contribution < 1.29 is 22.7 Å². The highest BCUT2D eigenvalue weighted by molar-refractivity contribution is 6.06. The molecule has 1 aromatic heterocycles. The monoisotopic (exact) mass is 349 g/mol. The fourth-order valence-corrected chi connectivity index (χ4v) is 2.54. The maximum atomic E-state index is 12.9. The Balaban J connectivity index is 1.95. The van der Waals surface area contributed by atoms with Crippen LogP contribution in [0, 0.1) is 0 Å². The summed E-state index contributed by atoms with van der Waals surface area (Å²) in [4.78, 5) is 16.0. The summed E-state index contributed by atoms with van der Waals surface area (Å²) in [5.74, 6) is -0.996. The van der Waals surface area contributed by atoms with Gasteiger partial charge in [-0.1, -0.05) is 12.1 Å². The fraction of sp³-hybridized carbons (Fsp3) is 0.176. The number of anilines is 1. The molecule has 1 heterocycles. The summed E-state index contributed by atoms with van der Waals surface area (Å²) in [6.07, 6.45) is -4.56. The minimum atomic E-state index is -4.56. The van der Waals surface area contributed by atoms with Crippen molar-refractivity contribution in [2.75, 3.05) is 12.4 Å². The zero-order valence-electron chi connectivity index (χ0n) is 13.4. The first-order valence-electron chi connectivity index (χ1n) is 7.29. The van der Waals surface area contributed by atoms with Crippen molar-refractivity contribution in [1.82, 2.24) is 9.55 Å². The van der Waals surface area contributed by atoms with Crippen LogP contribution in [0.15, 0.2) is 42.5 Å². The second-order valence-corrected chi connectivity index (χ2v) is 5.35. The molecule has 0 spiro atoms. The van der Waals surface area contributed by atoms with Gasteiger partial charge in [-0.05, 0) is 30.3 Å². The zero-order chi connectivity index (χ0) is 18.2. The average molecular weight is 349 g/mol. The van der Waals surface area contributed by atoms with E-state index >= 15 is 0 Å². The predicted octanol–water partition coefficient (Wildman–Crippen LogP) is 3.85. The van der Waals surface area contributed by atoms with E-state index in [1.807, 2.05) is 0 Å². The van der Waals surface area contributed by atoms with E-state index in [1.54, 1.807) is 24.3 Å². The molecule has 5 nitrogen and oxygen atoms in total. The molecule has 0 aliphatic carbocycles. The molecule has 130 valence electrons. The summed E-state index contributed by atoms with van der Waals surface area (Å²) in [6.45, 7) is 0. The fourth-order valence-electron chi connectivity index (χ4n) is 2.54. The first-order valence-corrected chi connectivity index (χ1v) is 7.29. The van der Waals surface area contributed by atoms with Crippen molar-refractivity contribution in [1.29, 1.82) is 0 Å². The molecule has 1 N–H and O–H groups in total. The Morgan fingerprint density at radius 3 is 2.60 bits per heavy atom. The van der Waals surface area contributed by atoms with Crippen LogP contribution in [0.4, 0.5) is 18.9 Å². The molecule has 3 rings (SSSR count). The number of hydrogen-bond donors (Lipinski definition) is 1. The van der Waals surface area contributed by atoms with E-state index < -0.39 is 17.9 Å². The van der Waals surface area contributed by atoms with Crippen molar-refractivity contribution in [3.63, 3.8) is 0 Å². The first-order chi connectivity index (χ1) is 11.8. The van der Waals surface area contributed by atoms with Gasteiger partial charge >= 0.3 is 6.18 Å². The summed E-state index contributed by atoms with van der Waals surface area (Å²) >= 11 is 0. The van der Waals surface area contributed by atoms with Crippen LogP contribution in [-0.4, -0.2) is 22.6 Å². The molecule has 0 atom stereocenters. The van der Waals surface area contributed by atoms with Crippen molar-refractivity contribution in [2.24, 2.45) is 7.05 Å². The second-order valence-electron chi connectivity index (χ2n) is 5.35. The number of fused-ring (bicyclic) bond motifs is 1. The Morgan fingerprint density at radius 1 is 1.20 bits per heavy atom. The number of carbonyl (C=O) groups excluding carboxylic acids is 1. The lowest BCUT2D eigenvalue weighted by molar-refractivity contribution is -0.146. The van der Waals surface area contributed by atoms with Crippen LogP contribution in [0.3, 0.4) is 0 Å². The third kappa shape index (κ3) is 3.15. The topological polar surface area (TPSA) is 56.1 Å². The number of imidazole rings is 1. The van der Waals surface area contributed by atoms with E-state index in [9.17, 15) is 18.0 Å². The number of halogens is 3. The highest BCUT2D eigenvalue weighted by atomic mass is 19.4. The van der Waals surface area contributed by atoms with Gasteiger partial charge < -0.3 is 14.6 Å². The molecule has 0 bridgehead atoms. The van der Waals surface area contributed by atoms with Gasteiger partial charge in [-0.15, -0.1) is 0 Å². The number of nitrogens with one attached hydrogen (secondary N) is 1. The molecule has 0 unspecified atom stereocenters. The summed E-state index contributed by atoms with van der Waals surface area (Å²) in [5.41, 5.74) is 1.06. The van der Waals surface area contributed by atoms with Crippen molar-refractivity contribution >= 4 is 22.6 Å². The molecule has 25 heavy (non-hydrogen) atoms. The summed E-state index contributed by atoms with van der Waals surface area (Å²) in [5, 5.41) is 2.67. The van der Waals surface area contributed by atoms with Crippen LogP contribution in [-0.2, 0) is 13.2 Å². The van der Waals surface area contributed by atoms with Crippen LogP contribution >= 0.6 is 0 Å². The van der Waals surface area contributed by atoms with Gasteiger partial charge in [0, 0.05) is 12.6 Å². The second kappa shape index (κ2) is 6.12. The van der Waals surface area contributed by atoms with Gasteiger partial charge in [0.25, 0.3) is 5.91 Å². The SMILES string of the molecule is COc1ccccc1NC(=O)c1ccc2c(c1)nc(C(F)(F)F)n2C. The number of rotatable bonds is 3. The number of benzene rings is 2. The molecule has 0 aliphatic rings. The van der Waals surface area contributed by atoms with Crippen LogP contribution in [0.2, 0.25) is 0 Å². The standard InChI is InChI=1S/C17H14F3N3O2/c1-23-13-8-7-10(9-12(13)22-16(23)17(18,19)20)15(24)21-11-5-3-4-6-14(11)25-2/h3-9H,1-2H3,(H,21,24). The average Bonchev–Trinajstić information content (AvgIpc) is 2.92. The number of aryl methyl sites for hydroxylation is 1. The van der Waals surface area contributed by atoms with Gasteiger partial charge in [0.15, 0.2) is 0 Å². The number of amides is 1. The van der Waals surface area contributed by atoms with Crippen LogP contribution in [0.1, 0.15) is 16.2 Å². The number of para-hydroxylation sites is 2. The highest BCUT2D eigenvalue weighted by Gasteiger charge is 2.36. The van der Waals surface area contributed by atoms with Crippen molar-refractivity contribution in [2.45, 2.75) is 6.18 Å². The maximum Gasteiger partial charge on any atom is 0.449 e. The Labute approximate surface area is 141 Å². The van der Waals surface area contributed by atoms with Crippen LogP contribution in [0.25, 0.3) is 11.0 Å². The largest absolute Gasteiger partial charge is 0.495 e. The maximum absolute atomic E-state index is 12.9. The summed E-state index contributed by atoms with van der Waals surface area (Å²) in [7, 11) is 2.76. The van der Waals surface area contributed by atoms with E-state index in [4.69, 9.17) is 4.74 Å². The lowest BCUT2D eigenvalue weighted by Gasteiger charge is -2.09. The van der Waals surface area contributed by atoms with E-state index in [2.05, 4.69) is 10.3 Å². The van der Waals surface area contributed by atoms with E-state index in [0.29, 0.717) is 17.0 Å². The number of methoxy groups -OCH3 is 1. The molecule has 0 saturated carbocycles. The Kier molecular flexibility index (Phi) is 4.12. The van der Waals surface area contributed by atoms with Crippen LogP contribution < -0.4 is 10.1 Å². The molecule has 0 fully saturated rings. The smallest absolute Gasteiger partial charge is 0.449 e. The van der Waals surface area contributed by atoms with E-state index in [-0.39, 0.29) is 11.1 Å².